The van der Waals surface area contributed by atoms with Gasteiger partial charge in [0.1, 0.15) is 4.21 Å². The van der Waals surface area contributed by atoms with Crippen LogP contribution in [-0.4, -0.2) is 49.8 Å². The van der Waals surface area contributed by atoms with E-state index >= 15 is 0 Å². The van der Waals surface area contributed by atoms with Crippen LogP contribution in [0.2, 0.25) is 4.34 Å². The molecule has 0 saturated carbocycles. The Morgan fingerprint density at radius 1 is 1.15 bits per heavy atom. The number of rotatable bonds is 9. The van der Waals surface area contributed by atoms with Crippen LogP contribution in [-0.2, 0) is 14.8 Å². The van der Waals surface area contributed by atoms with Gasteiger partial charge in [0, 0.05) is 18.8 Å². The number of nitrogens with zero attached hydrogens (tertiary/aromatic N) is 1. The summed E-state index contributed by atoms with van der Waals surface area (Å²) in [6.07, 6.45) is -3.14. The predicted molar refractivity (Wildman–Crippen MR) is 120 cm³/mol. The Balaban J connectivity index is 0.000000675. The summed E-state index contributed by atoms with van der Waals surface area (Å²) in [7, 11) is -3.81. The van der Waals surface area contributed by atoms with E-state index in [-0.39, 0.29) is 15.5 Å². The average molecular weight is 531 g/mol. The smallest absolute Gasteiger partial charge is 0.478 e. The lowest BCUT2D eigenvalue weighted by Gasteiger charge is -2.25. The zero-order valence-corrected chi connectivity index (χ0v) is 19.9. The van der Waals surface area contributed by atoms with Gasteiger partial charge in [0.2, 0.25) is 0 Å². The summed E-state index contributed by atoms with van der Waals surface area (Å²) in [4.78, 5) is 22.6. The zero-order chi connectivity index (χ0) is 25.4. The van der Waals surface area contributed by atoms with Crippen LogP contribution < -0.4 is 9.62 Å². The van der Waals surface area contributed by atoms with Crippen molar-refractivity contribution in [2.45, 2.75) is 37.1 Å². The summed E-state index contributed by atoms with van der Waals surface area (Å²) in [5, 5.41) is 16.7. The van der Waals surface area contributed by atoms with Crippen molar-refractivity contribution in [3.05, 3.63) is 40.2 Å². The van der Waals surface area contributed by atoms with E-state index in [4.69, 9.17) is 21.5 Å². The standard InChI is InChI=1S/C17H21ClN2O4S2.C2HF3O2/c1-3-5-10-20(4-2)14-7-6-12(11-13(14)17(21)22)19-26(23,24)16-9-8-15(18)25-16;3-2(4,5)1(6)7/h6-9,11,19H,3-5,10H2,1-2H3,(H,21,22);(H,6,7). The molecule has 0 aliphatic rings. The Morgan fingerprint density at radius 2 is 1.76 bits per heavy atom. The van der Waals surface area contributed by atoms with Crippen molar-refractivity contribution >= 4 is 56.3 Å². The topological polar surface area (TPSA) is 124 Å². The summed E-state index contributed by atoms with van der Waals surface area (Å²) < 4.78 is 59.4. The first-order chi connectivity index (χ1) is 15.2. The molecule has 0 amide bonds. The fraction of sp³-hybridized carbons (Fsp3) is 0.368. The van der Waals surface area contributed by atoms with Crippen LogP contribution in [0.4, 0.5) is 24.5 Å². The molecule has 33 heavy (non-hydrogen) atoms. The number of halogens is 4. The average Bonchev–Trinajstić information content (AvgIpc) is 3.16. The number of unbranched alkanes of at least 4 members (excludes halogenated alkanes) is 1. The van der Waals surface area contributed by atoms with Crippen LogP contribution in [0.1, 0.15) is 37.0 Å². The number of thiophene rings is 1. The highest BCUT2D eigenvalue weighted by Crippen LogP contribution is 2.29. The summed E-state index contributed by atoms with van der Waals surface area (Å²) in [6, 6.07) is 7.47. The minimum absolute atomic E-state index is 0.0624. The second kappa shape index (κ2) is 12.1. The van der Waals surface area contributed by atoms with E-state index in [0.717, 1.165) is 30.7 Å². The van der Waals surface area contributed by atoms with Gasteiger partial charge in [-0.25, -0.2) is 18.0 Å². The lowest BCUT2D eigenvalue weighted by atomic mass is 10.1. The molecule has 0 saturated heterocycles. The van der Waals surface area contributed by atoms with Crippen molar-refractivity contribution < 1.29 is 41.4 Å². The number of anilines is 2. The Morgan fingerprint density at radius 3 is 2.18 bits per heavy atom. The monoisotopic (exact) mass is 530 g/mol. The van der Waals surface area contributed by atoms with Gasteiger partial charge in [0.05, 0.1) is 15.6 Å². The summed E-state index contributed by atoms with van der Waals surface area (Å²) in [5.41, 5.74) is 0.838. The van der Waals surface area contributed by atoms with Gasteiger partial charge in [-0.3, -0.25) is 4.72 Å². The number of aliphatic carboxylic acids is 1. The van der Waals surface area contributed by atoms with Crippen molar-refractivity contribution in [1.82, 2.24) is 0 Å². The number of nitrogens with one attached hydrogen (secondary N) is 1. The van der Waals surface area contributed by atoms with Crippen LogP contribution in [0.25, 0.3) is 0 Å². The van der Waals surface area contributed by atoms with Crippen LogP contribution in [0.3, 0.4) is 0 Å². The molecule has 0 aliphatic heterocycles. The molecule has 0 atom stereocenters. The molecule has 1 heterocycles. The summed E-state index contributed by atoms with van der Waals surface area (Å²) in [6.45, 7) is 5.43. The molecule has 2 rings (SSSR count). The van der Waals surface area contributed by atoms with Crippen LogP contribution in [0, 0.1) is 0 Å². The molecule has 184 valence electrons. The van der Waals surface area contributed by atoms with Crippen molar-refractivity contribution in [2.75, 3.05) is 22.7 Å². The number of alkyl halides is 3. The molecule has 1 aromatic heterocycles. The van der Waals surface area contributed by atoms with E-state index in [9.17, 15) is 31.5 Å². The third kappa shape index (κ3) is 8.74. The van der Waals surface area contributed by atoms with Crippen molar-refractivity contribution in [2.24, 2.45) is 0 Å². The van der Waals surface area contributed by atoms with Crippen LogP contribution >= 0.6 is 22.9 Å². The molecule has 14 heteroatoms. The molecular weight excluding hydrogens is 509 g/mol. The second-order valence-corrected chi connectivity index (χ2v) is 10.1. The first-order valence-electron chi connectivity index (χ1n) is 9.43. The zero-order valence-electron chi connectivity index (χ0n) is 17.5. The number of benzene rings is 1. The first-order valence-corrected chi connectivity index (χ1v) is 12.1. The maximum absolute atomic E-state index is 12.4. The molecule has 0 aliphatic carbocycles. The molecule has 0 bridgehead atoms. The molecular formula is C19H22ClF3N2O6S2. The lowest BCUT2D eigenvalue weighted by Crippen LogP contribution is -2.26. The minimum Gasteiger partial charge on any atom is -0.478 e. The maximum atomic E-state index is 12.4. The van der Waals surface area contributed by atoms with Gasteiger partial charge in [-0.1, -0.05) is 24.9 Å². The van der Waals surface area contributed by atoms with Crippen molar-refractivity contribution in [3.63, 3.8) is 0 Å². The Hall–Kier alpha value is -2.51. The first kappa shape index (κ1) is 28.5. The molecule has 1 aromatic carbocycles. The number of hydrogen-bond donors (Lipinski definition) is 3. The van der Waals surface area contributed by atoms with Gasteiger partial charge in [-0.15, -0.1) is 11.3 Å². The highest BCUT2D eigenvalue weighted by molar-refractivity contribution is 7.94. The Bertz CT molecular complexity index is 1070. The van der Waals surface area contributed by atoms with Gasteiger partial charge in [0.25, 0.3) is 10.0 Å². The van der Waals surface area contributed by atoms with Gasteiger partial charge >= 0.3 is 18.1 Å². The third-order valence-corrected chi connectivity index (χ3v) is 7.14. The molecule has 3 N–H and O–H groups in total. The van der Waals surface area contributed by atoms with Crippen molar-refractivity contribution in [1.29, 1.82) is 0 Å². The van der Waals surface area contributed by atoms with Crippen LogP contribution in [0.5, 0.6) is 0 Å². The predicted octanol–water partition coefficient (Wildman–Crippen LogP) is 5.16. The number of carboxylic acid groups (broad SMARTS) is 2. The molecule has 0 spiro atoms. The largest absolute Gasteiger partial charge is 0.490 e. The maximum Gasteiger partial charge on any atom is 0.490 e. The number of carboxylic acids is 2. The molecule has 0 unspecified atom stereocenters. The van der Waals surface area contributed by atoms with E-state index in [1.54, 1.807) is 12.1 Å². The van der Waals surface area contributed by atoms with E-state index in [2.05, 4.69) is 11.6 Å². The Labute approximate surface area is 197 Å². The molecule has 0 radical (unpaired) electrons. The van der Waals surface area contributed by atoms with E-state index < -0.39 is 28.1 Å². The van der Waals surface area contributed by atoms with Crippen LogP contribution in [0.15, 0.2) is 34.5 Å². The number of sulfonamides is 1. The van der Waals surface area contributed by atoms with Crippen molar-refractivity contribution in [3.8, 4) is 0 Å². The number of hydrogen-bond acceptors (Lipinski definition) is 6. The summed E-state index contributed by atoms with van der Waals surface area (Å²) in [5.74, 6) is -3.86. The second-order valence-electron chi connectivity index (χ2n) is 6.44. The highest BCUT2D eigenvalue weighted by atomic mass is 35.5. The van der Waals surface area contributed by atoms with Gasteiger partial charge < -0.3 is 15.1 Å². The summed E-state index contributed by atoms with van der Waals surface area (Å²) >= 11 is 6.73. The van der Waals surface area contributed by atoms with E-state index in [1.807, 2.05) is 11.8 Å². The molecule has 2 aromatic rings. The SMILES string of the molecule is CCCCN(CC)c1ccc(NS(=O)(=O)c2ccc(Cl)s2)cc1C(=O)O.O=C(O)C(F)(F)F. The van der Waals surface area contributed by atoms with E-state index in [0.29, 0.717) is 16.6 Å². The van der Waals surface area contributed by atoms with Gasteiger partial charge in [-0.2, -0.15) is 13.2 Å². The molecule has 0 fully saturated rings. The normalized spacial score (nSPS) is 11.3. The fourth-order valence-corrected chi connectivity index (χ4v) is 5.02. The van der Waals surface area contributed by atoms with Gasteiger partial charge in [0.15, 0.2) is 0 Å². The number of carbonyl (C=O) groups is 2. The van der Waals surface area contributed by atoms with Gasteiger partial charge in [-0.05, 0) is 43.7 Å². The third-order valence-electron chi connectivity index (χ3n) is 4.04. The molecule has 8 nitrogen and oxygen atoms in total. The lowest BCUT2D eigenvalue weighted by molar-refractivity contribution is -0.192. The Kier molecular flexibility index (Phi) is 10.5. The number of aromatic carboxylic acids is 1. The quantitative estimate of drug-likeness (QED) is 0.409. The fourth-order valence-electron chi connectivity index (χ4n) is 2.49. The highest BCUT2D eigenvalue weighted by Gasteiger charge is 2.38. The van der Waals surface area contributed by atoms with E-state index in [1.165, 1.54) is 18.2 Å². The minimum atomic E-state index is -5.08.